The molecule has 0 aromatic carbocycles. The van der Waals surface area contributed by atoms with Gasteiger partial charge in [0.1, 0.15) is 0 Å². The average Bonchev–Trinajstić information content (AvgIpc) is 1.98. The van der Waals surface area contributed by atoms with Crippen LogP contribution in [0.4, 0.5) is 0 Å². The summed E-state index contributed by atoms with van der Waals surface area (Å²) in [7, 11) is -2.69. The monoisotopic (exact) mass is 178 g/mol. The van der Waals surface area contributed by atoms with Gasteiger partial charge in [-0.3, -0.25) is 4.57 Å². The number of ether oxygens (including phenoxy) is 1. The number of esters is 1. The highest BCUT2D eigenvalue weighted by molar-refractivity contribution is 7.37. The van der Waals surface area contributed by atoms with Gasteiger partial charge in [-0.25, -0.2) is 4.79 Å². The first-order valence-electron chi connectivity index (χ1n) is 3.09. The number of hydrogen-bond acceptors (Lipinski definition) is 3. The van der Waals surface area contributed by atoms with Crippen LogP contribution < -0.4 is 0 Å². The highest BCUT2D eigenvalue weighted by Gasteiger charge is 2.04. The van der Waals surface area contributed by atoms with Crippen LogP contribution in [-0.4, -0.2) is 17.2 Å². The minimum atomic E-state index is -2.69. The predicted octanol–water partition coefficient (Wildman–Crippen LogP) is 0.920. The molecule has 0 aliphatic heterocycles. The Kier molecular flexibility index (Phi) is 4.83. The van der Waals surface area contributed by atoms with E-state index in [1.54, 1.807) is 19.9 Å². The van der Waals surface area contributed by atoms with E-state index >= 15 is 0 Å². The standard InChI is InChI=1S/C6H11O4P/c1-3-5(2)6(7)10-4-11(8)9/h3,11H,4H2,1-2H3,(H,8,9). The second kappa shape index (κ2) is 5.10. The fourth-order valence-corrected chi connectivity index (χ4v) is 0.614. The maximum absolute atomic E-state index is 10.8. The van der Waals surface area contributed by atoms with E-state index in [2.05, 4.69) is 4.74 Å². The lowest BCUT2D eigenvalue weighted by molar-refractivity contribution is -0.137. The summed E-state index contributed by atoms with van der Waals surface area (Å²) in [6, 6.07) is 0. The zero-order chi connectivity index (χ0) is 8.85. The Morgan fingerprint density at radius 2 is 2.27 bits per heavy atom. The van der Waals surface area contributed by atoms with E-state index in [1.807, 2.05) is 0 Å². The van der Waals surface area contributed by atoms with Crippen LogP contribution in [0.25, 0.3) is 0 Å². The van der Waals surface area contributed by atoms with E-state index in [9.17, 15) is 9.36 Å². The first-order chi connectivity index (χ1) is 5.07. The molecule has 1 unspecified atom stereocenters. The van der Waals surface area contributed by atoms with Crippen LogP contribution in [0.2, 0.25) is 0 Å². The Morgan fingerprint density at radius 3 is 2.64 bits per heavy atom. The van der Waals surface area contributed by atoms with E-state index in [1.165, 1.54) is 0 Å². The predicted molar refractivity (Wildman–Crippen MR) is 41.6 cm³/mol. The Bertz CT molecular complexity index is 197. The Morgan fingerprint density at radius 1 is 1.73 bits per heavy atom. The summed E-state index contributed by atoms with van der Waals surface area (Å²) in [5.74, 6) is -0.542. The fraction of sp³-hybridized carbons (Fsp3) is 0.500. The molecule has 0 aromatic rings. The Labute approximate surface area is 65.7 Å². The minimum absolute atomic E-state index is 0.394. The molecule has 0 radical (unpaired) electrons. The van der Waals surface area contributed by atoms with Gasteiger partial charge in [-0.15, -0.1) is 0 Å². The van der Waals surface area contributed by atoms with Crippen molar-refractivity contribution in [3.8, 4) is 0 Å². The summed E-state index contributed by atoms with van der Waals surface area (Å²) in [5, 5.41) is 0. The van der Waals surface area contributed by atoms with Gasteiger partial charge in [-0.1, -0.05) is 6.08 Å². The molecule has 4 nitrogen and oxygen atoms in total. The second-order valence-electron chi connectivity index (χ2n) is 1.94. The molecule has 0 rings (SSSR count). The first-order valence-corrected chi connectivity index (χ1v) is 4.66. The average molecular weight is 178 g/mol. The van der Waals surface area contributed by atoms with Gasteiger partial charge < -0.3 is 9.63 Å². The number of allylic oxidation sites excluding steroid dienone is 1. The molecule has 0 aromatic heterocycles. The molecule has 0 aliphatic rings. The third-order valence-corrected chi connectivity index (χ3v) is 1.47. The van der Waals surface area contributed by atoms with E-state index < -0.39 is 20.3 Å². The molecule has 0 bridgehead atoms. The van der Waals surface area contributed by atoms with Crippen molar-refractivity contribution in [2.45, 2.75) is 13.8 Å². The van der Waals surface area contributed by atoms with E-state index in [0.29, 0.717) is 5.57 Å². The second-order valence-corrected chi connectivity index (χ2v) is 3.02. The molecule has 0 heterocycles. The van der Waals surface area contributed by atoms with E-state index in [4.69, 9.17) is 4.89 Å². The molecule has 0 spiro atoms. The van der Waals surface area contributed by atoms with Gasteiger partial charge >= 0.3 is 5.97 Å². The van der Waals surface area contributed by atoms with Gasteiger partial charge in [-0.05, 0) is 13.8 Å². The van der Waals surface area contributed by atoms with Gasteiger partial charge in [0.15, 0.2) is 6.35 Å². The molecule has 11 heavy (non-hydrogen) atoms. The molecular weight excluding hydrogens is 167 g/mol. The summed E-state index contributed by atoms with van der Waals surface area (Å²) in [4.78, 5) is 19.1. The van der Waals surface area contributed by atoms with Crippen LogP contribution in [0, 0.1) is 0 Å². The van der Waals surface area contributed by atoms with Gasteiger partial charge in [-0.2, -0.15) is 0 Å². The van der Waals surface area contributed by atoms with Crippen molar-refractivity contribution in [2.24, 2.45) is 0 Å². The minimum Gasteiger partial charge on any atom is -0.452 e. The van der Waals surface area contributed by atoms with Crippen molar-refractivity contribution >= 4 is 14.0 Å². The van der Waals surface area contributed by atoms with Crippen molar-refractivity contribution in [3.05, 3.63) is 11.6 Å². The van der Waals surface area contributed by atoms with Gasteiger partial charge in [0.2, 0.25) is 8.03 Å². The molecule has 0 saturated carbocycles. The number of carbonyl (C=O) groups excluding carboxylic acids is 1. The molecule has 0 fully saturated rings. The molecule has 64 valence electrons. The van der Waals surface area contributed by atoms with E-state index in [0.717, 1.165) is 0 Å². The molecule has 0 saturated heterocycles. The van der Waals surface area contributed by atoms with Crippen LogP contribution in [0.15, 0.2) is 11.6 Å². The maximum atomic E-state index is 10.8. The smallest absolute Gasteiger partial charge is 0.333 e. The first kappa shape index (κ1) is 10.4. The van der Waals surface area contributed by atoms with Crippen molar-refractivity contribution in [3.63, 3.8) is 0 Å². The lowest BCUT2D eigenvalue weighted by Gasteiger charge is -2.00. The van der Waals surface area contributed by atoms with Crippen molar-refractivity contribution in [1.82, 2.24) is 0 Å². The fourth-order valence-electron chi connectivity index (χ4n) is 0.359. The summed E-state index contributed by atoms with van der Waals surface area (Å²) in [6.07, 6.45) is 1.19. The molecule has 1 N–H and O–H groups in total. The van der Waals surface area contributed by atoms with Crippen LogP contribution in [0.5, 0.6) is 0 Å². The Balaban J connectivity index is 3.80. The topological polar surface area (TPSA) is 63.6 Å². The molecule has 1 atom stereocenters. The lowest BCUT2D eigenvalue weighted by atomic mass is 10.3. The van der Waals surface area contributed by atoms with Crippen molar-refractivity contribution in [2.75, 3.05) is 6.35 Å². The largest absolute Gasteiger partial charge is 0.452 e. The van der Waals surface area contributed by atoms with Gasteiger partial charge in [0.25, 0.3) is 0 Å². The molecule has 0 amide bonds. The van der Waals surface area contributed by atoms with Gasteiger partial charge in [0, 0.05) is 5.57 Å². The quantitative estimate of drug-likeness (QED) is 0.396. The molecule has 0 aliphatic carbocycles. The molecule has 5 heteroatoms. The number of hydrogen-bond donors (Lipinski definition) is 1. The summed E-state index contributed by atoms with van der Waals surface area (Å²) in [6.45, 7) is 3.27. The van der Waals surface area contributed by atoms with Crippen LogP contribution in [0.1, 0.15) is 13.8 Å². The molecular formula is C6H11O4P. The third-order valence-electron chi connectivity index (χ3n) is 1.08. The van der Waals surface area contributed by atoms with Crippen molar-refractivity contribution in [1.29, 1.82) is 0 Å². The van der Waals surface area contributed by atoms with Crippen LogP contribution in [-0.2, 0) is 14.1 Å². The third kappa shape index (κ3) is 4.76. The van der Waals surface area contributed by atoms with E-state index in [-0.39, 0.29) is 0 Å². The SMILES string of the molecule is CC=C(C)C(=O)OC[PH](=O)O. The normalized spacial score (nSPS) is 14.3. The zero-order valence-corrected chi connectivity index (χ0v) is 7.46. The lowest BCUT2D eigenvalue weighted by Crippen LogP contribution is -2.04. The van der Waals surface area contributed by atoms with Gasteiger partial charge in [0.05, 0.1) is 0 Å². The van der Waals surface area contributed by atoms with Crippen LogP contribution in [0.3, 0.4) is 0 Å². The van der Waals surface area contributed by atoms with Crippen LogP contribution >= 0.6 is 8.03 Å². The number of rotatable bonds is 3. The summed E-state index contributed by atoms with van der Waals surface area (Å²) in [5.41, 5.74) is 0.438. The highest BCUT2D eigenvalue weighted by atomic mass is 31.1. The summed E-state index contributed by atoms with van der Waals surface area (Å²) >= 11 is 0. The zero-order valence-electron chi connectivity index (χ0n) is 6.46. The maximum Gasteiger partial charge on any atom is 0.333 e. The van der Waals surface area contributed by atoms with Crippen molar-refractivity contribution < 1.29 is 19.0 Å². The number of carbonyl (C=O) groups is 1. The Hall–Kier alpha value is -0.600. The summed E-state index contributed by atoms with van der Waals surface area (Å²) < 4.78 is 14.5. The highest BCUT2D eigenvalue weighted by Crippen LogP contribution is 2.12.